The van der Waals surface area contributed by atoms with E-state index in [1.165, 1.54) is 11.3 Å². The first-order valence-electron chi connectivity index (χ1n) is 9.37. The highest BCUT2D eigenvalue weighted by atomic mass is 35.5. The van der Waals surface area contributed by atoms with Crippen molar-refractivity contribution in [1.29, 1.82) is 5.26 Å². The zero-order valence-corrected chi connectivity index (χ0v) is 17.9. The predicted molar refractivity (Wildman–Crippen MR) is 123 cm³/mol. The fourth-order valence-corrected chi connectivity index (χ4v) is 4.17. The first-order chi connectivity index (χ1) is 14.6. The Hall–Kier alpha value is -3.27. The van der Waals surface area contributed by atoms with Crippen LogP contribution >= 0.6 is 22.9 Å². The van der Waals surface area contributed by atoms with Gasteiger partial charge in [0.05, 0.1) is 22.0 Å². The van der Waals surface area contributed by atoms with Gasteiger partial charge in [0, 0.05) is 17.3 Å². The van der Waals surface area contributed by atoms with Gasteiger partial charge in [0.15, 0.2) is 0 Å². The number of aromatic nitrogens is 1. The number of rotatable bonds is 6. The zero-order valence-electron chi connectivity index (χ0n) is 16.3. The van der Waals surface area contributed by atoms with Crippen LogP contribution in [0.1, 0.15) is 11.1 Å². The van der Waals surface area contributed by atoms with Gasteiger partial charge in [-0.1, -0.05) is 53.3 Å². The second-order valence-corrected chi connectivity index (χ2v) is 8.22. The van der Waals surface area contributed by atoms with Crippen LogP contribution in [-0.2, 0) is 6.54 Å². The number of halogens is 1. The molecule has 0 aliphatic rings. The Labute approximate surface area is 183 Å². The minimum atomic E-state index is 0.309. The Morgan fingerprint density at radius 2 is 1.90 bits per heavy atom. The second kappa shape index (κ2) is 9.04. The Morgan fingerprint density at radius 1 is 1.07 bits per heavy atom. The standard InChI is InChI=1S/C23H18ClN5S/c1-16-13-19(29(12-11-25)15-17-5-3-2-4-6-17)8-10-20(16)27-28-23-26-21-9-7-18(24)14-22(21)30-23/h2-10,13-14H,12,15H2,1H3. The molecule has 7 heteroatoms. The summed E-state index contributed by atoms with van der Waals surface area (Å²) in [6.45, 7) is 2.97. The van der Waals surface area contributed by atoms with Crippen LogP contribution in [0.5, 0.6) is 0 Å². The molecule has 0 saturated heterocycles. The molecule has 3 aromatic carbocycles. The van der Waals surface area contributed by atoms with Gasteiger partial charge in [0.25, 0.3) is 0 Å². The van der Waals surface area contributed by atoms with Crippen molar-refractivity contribution in [3.05, 3.63) is 82.9 Å². The van der Waals surface area contributed by atoms with E-state index in [9.17, 15) is 5.26 Å². The van der Waals surface area contributed by atoms with Gasteiger partial charge in [0.1, 0.15) is 6.54 Å². The lowest BCUT2D eigenvalue weighted by molar-refractivity contribution is 0.871. The topological polar surface area (TPSA) is 64.6 Å². The molecule has 0 aliphatic heterocycles. The maximum atomic E-state index is 9.25. The summed E-state index contributed by atoms with van der Waals surface area (Å²) in [5.74, 6) is 0. The van der Waals surface area contributed by atoms with E-state index in [4.69, 9.17) is 11.6 Å². The highest BCUT2D eigenvalue weighted by Crippen LogP contribution is 2.32. The fourth-order valence-electron chi connectivity index (χ4n) is 3.10. The molecular formula is C23H18ClN5S. The Balaban J connectivity index is 1.55. The van der Waals surface area contributed by atoms with Crippen LogP contribution < -0.4 is 4.90 Å². The second-order valence-electron chi connectivity index (χ2n) is 6.78. The minimum absolute atomic E-state index is 0.309. The van der Waals surface area contributed by atoms with E-state index < -0.39 is 0 Å². The van der Waals surface area contributed by atoms with Crippen LogP contribution in [0.25, 0.3) is 10.2 Å². The molecule has 1 heterocycles. The number of nitrogens with zero attached hydrogens (tertiary/aromatic N) is 5. The van der Waals surface area contributed by atoms with Crippen molar-refractivity contribution < 1.29 is 0 Å². The fraction of sp³-hybridized carbons (Fsp3) is 0.130. The van der Waals surface area contributed by atoms with Crippen molar-refractivity contribution in [2.24, 2.45) is 10.2 Å². The molecule has 0 bridgehead atoms. The summed E-state index contributed by atoms with van der Waals surface area (Å²) in [5.41, 5.74) is 4.75. The summed E-state index contributed by atoms with van der Waals surface area (Å²) in [6, 6.07) is 23.9. The summed E-state index contributed by atoms with van der Waals surface area (Å²) in [7, 11) is 0. The number of thiazole rings is 1. The van der Waals surface area contributed by atoms with Gasteiger partial charge in [0.2, 0.25) is 5.13 Å². The number of azo groups is 1. The van der Waals surface area contributed by atoms with Crippen molar-refractivity contribution >= 4 is 49.7 Å². The zero-order chi connectivity index (χ0) is 20.9. The quantitative estimate of drug-likeness (QED) is 0.239. The molecule has 0 N–H and O–H groups in total. The van der Waals surface area contributed by atoms with E-state index in [0.717, 1.165) is 32.7 Å². The average Bonchev–Trinajstić information content (AvgIpc) is 3.15. The summed E-state index contributed by atoms with van der Waals surface area (Å²) >= 11 is 7.49. The maximum absolute atomic E-state index is 9.25. The number of aryl methyl sites for hydroxylation is 1. The van der Waals surface area contributed by atoms with Crippen molar-refractivity contribution in [3.8, 4) is 6.07 Å². The molecule has 5 nitrogen and oxygen atoms in total. The van der Waals surface area contributed by atoms with Crippen molar-refractivity contribution in [2.45, 2.75) is 13.5 Å². The lowest BCUT2D eigenvalue weighted by Gasteiger charge is -2.22. The Morgan fingerprint density at radius 3 is 2.67 bits per heavy atom. The highest BCUT2D eigenvalue weighted by molar-refractivity contribution is 7.21. The number of benzene rings is 3. The number of anilines is 1. The van der Waals surface area contributed by atoms with Gasteiger partial charge in [-0.2, -0.15) is 5.26 Å². The van der Waals surface area contributed by atoms with Crippen molar-refractivity contribution in [3.63, 3.8) is 0 Å². The van der Waals surface area contributed by atoms with E-state index in [-0.39, 0.29) is 0 Å². The molecule has 4 aromatic rings. The van der Waals surface area contributed by atoms with Gasteiger partial charge < -0.3 is 4.90 Å². The molecule has 0 amide bonds. The third-order valence-corrected chi connectivity index (χ3v) is 5.74. The SMILES string of the molecule is Cc1cc(N(CC#N)Cc2ccccc2)ccc1N=Nc1nc2ccc(Cl)cc2s1. The molecular weight excluding hydrogens is 414 g/mol. The smallest absolute Gasteiger partial charge is 0.231 e. The van der Waals surface area contributed by atoms with Crippen LogP contribution in [0.3, 0.4) is 0 Å². The third-order valence-electron chi connectivity index (χ3n) is 4.61. The summed E-state index contributed by atoms with van der Waals surface area (Å²) < 4.78 is 0.983. The van der Waals surface area contributed by atoms with Crippen molar-refractivity contribution in [1.82, 2.24) is 4.98 Å². The van der Waals surface area contributed by atoms with Gasteiger partial charge in [-0.25, -0.2) is 4.98 Å². The highest BCUT2D eigenvalue weighted by Gasteiger charge is 2.09. The van der Waals surface area contributed by atoms with Gasteiger partial charge >= 0.3 is 0 Å². The first-order valence-corrected chi connectivity index (χ1v) is 10.6. The lowest BCUT2D eigenvalue weighted by Crippen LogP contribution is -2.22. The molecule has 30 heavy (non-hydrogen) atoms. The molecule has 0 fully saturated rings. The van der Waals surface area contributed by atoms with Gasteiger partial charge in [-0.15, -0.1) is 10.2 Å². The molecule has 0 spiro atoms. The molecule has 0 unspecified atom stereocenters. The molecule has 4 rings (SSSR count). The van der Waals surface area contributed by atoms with Crippen LogP contribution in [0, 0.1) is 18.3 Å². The van der Waals surface area contributed by atoms with E-state index in [0.29, 0.717) is 23.2 Å². The van der Waals surface area contributed by atoms with E-state index in [1.807, 2.05) is 66.4 Å². The molecule has 0 radical (unpaired) electrons. The first kappa shape index (κ1) is 20.0. The molecule has 0 aliphatic carbocycles. The number of hydrogen-bond donors (Lipinski definition) is 0. The van der Waals surface area contributed by atoms with Crippen LogP contribution in [0.15, 0.2) is 77.0 Å². The molecule has 0 saturated carbocycles. The number of fused-ring (bicyclic) bond motifs is 1. The minimum Gasteiger partial charge on any atom is -0.354 e. The van der Waals surface area contributed by atoms with E-state index in [2.05, 4.69) is 33.4 Å². The van der Waals surface area contributed by atoms with Crippen LogP contribution in [0.4, 0.5) is 16.5 Å². The monoisotopic (exact) mass is 431 g/mol. The third kappa shape index (κ3) is 4.65. The average molecular weight is 432 g/mol. The van der Waals surface area contributed by atoms with Crippen LogP contribution in [-0.4, -0.2) is 11.5 Å². The summed E-state index contributed by atoms with van der Waals surface area (Å²) in [4.78, 5) is 6.51. The number of hydrogen-bond acceptors (Lipinski definition) is 6. The van der Waals surface area contributed by atoms with E-state index >= 15 is 0 Å². The van der Waals surface area contributed by atoms with E-state index in [1.54, 1.807) is 0 Å². The predicted octanol–water partition coefficient (Wildman–Crippen LogP) is 7.20. The summed E-state index contributed by atoms with van der Waals surface area (Å²) in [6.07, 6.45) is 0. The maximum Gasteiger partial charge on any atom is 0.231 e. The van der Waals surface area contributed by atoms with Gasteiger partial charge in [-0.3, -0.25) is 0 Å². The lowest BCUT2D eigenvalue weighted by atomic mass is 10.1. The Bertz CT molecular complexity index is 1240. The Kier molecular flexibility index (Phi) is 6.03. The van der Waals surface area contributed by atoms with Crippen molar-refractivity contribution in [2.75, 3.05) is 11.4 Å². The number of nitriles is 1. The molecule has 148 valence electrons. The van der Waals surface area contributed by atoms with Gasteiger partial charge in [-0.05, 0) is 54.4 Å². The van der Waals surface area contributed by atoms with Crippen LogP contribution in [0.2, 0.25) is 5.02 Å². The molecule has 1 aromatic heterocycles. The largest absolute Gasteiger partial charge is 0.354 e. The summed E-state index contributed by atoms with van der Waals surface area (Å²) in [5, 5.41) is 19.2. The normalized spacial score (nSPS) is 11.1. The molecule has 0 atom stereocenters.